The van der Waals surface area contributed by atoms with Crippen LogP contribution in [0.4, 0.5) is 0 Å². The summed E-state index contributed by atoms with van der Waals surface area (Å²) in [4.78, 5) is 6.75. The van der Waals surface area contributed by atoms with Gasteiger partial charge in [-0.3, -0.25) is 4.90 Å². The maximum Gasteiger partial charge on any atom is 0.132 e. The van der Waals surface area contributed by atoms with Gasteiger partial charge in [-0.1, -0.05) is 0 Å². The van der Waals surface area contributed by atoms with Crippen LogP contribution in [0.5, 0.6) is 11.5 Å². The topological polar surface area (TPSA) is 54.8 Å². The minimum atomic E-state index is -0.715. The highest BCUT2D eigenvalue weighted by atomic mass is 32.1. The molecule has 0 fully saturated rings. The van der Waals surface area contributed by atoms with Crippen molar-refractivity contribution in [1.82, 2.24) is 9.88 Å². The first-order chi connectivity index (χ1) is 10.8. The minimum Gasteiger partial charge on any atom is -0.497 e. The Hall–Kier alpha value is -1.63. The fourth-order valence-electron chi connectivity index (χ4n) is 2.47. The zero-order valence-corrected chi connectivity index (χ0v) is 15.1. The Bertz CT molecular complexity index is 650. The quantitative estimate of drug-likeness (QED) is 0.842. The van der Waals surface area contributed by atoms with Crippen molar-refractivity contribution in [3.05, 3.63) is 29.3 Å². The first-order valence-electron chi connectivity index (χ1n) is 7.40. The summed E-state index contributed by atoms with van der Waals surface area (Å²) in [5.74, 6) is 1.50. The summed E-state index contributed by atoms with van der Waals surface area (Å²) < 4.78 is 10.7. The molecule has 0 bridgehead atoms. The third-order valence-electron chi connectivity index (χ3n) is 3.28. The zero-order valence-electron chi connectivity index (χ0n) is 14.3. The van der Waals surface area contributed by atoms with Gasteiger partial charge in [-0.05, 0) is 33.0 Å². The van der Waals surface area contributed by atoms with Gasteiger partial charge in [0.1, 0.15) is 16.5 Å². The summed E-state index contributed by atoms with van der Waals surface area (Å²) in [6, 6.07) is 5.72. The van der Waals surface area contributed by atoms with Crippen LogP contribution in [-0.2, 0) is 6.54 Å². The average molecular weight is 336 g/mol. The molecule has 0 atom stereocenters. The van der Waals surface area contributed by atoms with Crippen LogP contribution in [0.15, 0.2) is 23.6 Å². The lowest BCUT2D eigenvalue weighted by Gasteiger charge is -2.24. The number of likely N-dealkylation sites (N-methyl/N-ethyl adjacent to an activating group) is 1. The Kier molecular flexibility index (Phi) is 5.62. The van der Waals surface area contributed by atoms with Gasteiger partial charge >= 0.3 is 0 Å². The lowest BCUT2D eigenvalue weighted by atomic mass is 10.1. The molecule has 0 saturated heterocycles. The lowest BCUT2D eigenvalue weighted by Crippen LogP contribution is -2.35. The minimum absolute atomic E-state index is 0.589. The van der Waals surface area contributed by atoms with Crippen molar-refractivity contribution < 1.29 is 14.6 Å². The first kappa shape index (κ1) is 17.7. The Morgan fingerprint density at radius 2 is 2.00 bits per heavy atom. The number of nitrogens with zero attached hydrogens (tertiary/aromatic N) is 2. The van der Waals surface area contributed by atoms with Crippen molar-refractivity contribution in [3.8, 4) is 22.1 Å². The van der Waals surface area contributed by atoms with E-state index in [0.717, 1.165) is 27.8 Å². The van der Waals surface area contributed by atoms with E-state index in [0.29, 0.717) is 13.1 Å². The molecule has 0 saturated carbocycles. The maximum atomic E-state index is 9.88. The SMILES string of the molecule is COc1ccc(-c2nc(CN(C)CC(C)(C)O)cs2)c(OC)c1. The summed E-state index contributed by atoms with van der Waals surface area (Å²) in [5, 5.41) is 12.8. The van der Waals surface area contributed by atoms with Crippen LogP contribution in [0, 0.1) is 0 Å². The number of ether oxygens (including phenoxy) is 2. The van der Waals surface area contributed by atoms with Crippen LogP contribution in [0.3, 0.4) is 0 Å². The largest absolute Gasteiger partial charge is 0.497 e. The van der Waals surface area contributed by atoms with E-state index in [9.17, 15) is 5.11 Å². The third kappa shape index (κ3) is 4.92. The van der Waals surface area contributed by atoms with Crippen LogP contribution in [0.2, 0.25) is 0 Å². The van der Waals surface area contributed by atoms with Crippen LogP contribution in [0.25, 0.3) is 10.6 Å². The molecule has 1 N–H and O–H groups in total. The fourth-order valence-corrected chi connectivity index (χ4v) is 3.31. The molecule has 0 radical (unpaired) electrons. The maximum absolute atomic E-state index is 9.88. The monoisotopic (exact) mass is 336 g/mol. The molecule has 23 heavy (non-hydrogen) atoms. The number of hydrogen-bond acceptors (Lipinski definition) is 6. The summed E-state index contributed by atoms with van der Waals surface area (Å²) in [5.41, 5.74) is 1.22. The second kappa shape index (κ2) is 7.29. The second-order valence-electron chi connectivity index (χ2n) is 6.19. The van der Waals surface area contributed by atoms with Gasteiger partial charge < -0.3 is 14.6 Å². The van der Waals surface area contributed by atoms with E-state index in [2.05, 4.69) is 9.88 Å². The molecule has 0 amide bonds. The van der Waals surface area contributed by atoms with Gasteiger partial charge in [-0.15, -0.1) is 11.3 Å². The summed E-state index contributed by atoms with van der Waals surface area (Å²) in [6.07, 6.45) is 0. The van der Waals surface area contributed by atoms with E-state index >= 15 is 0 Å². The second-order valence-corrected chi connectivity index (χ2v) is 7.05. The van der Waals surface area contributed by atoms with E-state index in [-0.39, 0.29) is 0 Å². The molecule has 0 spiro atoms. The Balaban J connectivity index is 2.16. The molecule has 1 heterocycles. The van der Waals surface area contributed by atoms with E-state index in [4.69, 9.17) is 9.47 Å². The molecule has 6 heteroatoms. The average Bonchev–Trinajstić information content (AvgIpc) is 2.92. The first-order valence-corrected chi connectivity index (χ1v) is 8.28. The van der Waals surface area contributed by atoms with Crippen molar-refractivity contribution in [2.24, 2.45) is 0 Å². The van der Waals surface area contributed by atoms with Gasteiger partial charge in [0.15, 0.2) is 0 Å². The van der Waals surface area contributed by atoms with Crippen LogP contribution in [0.1, 0.15) is 19.5 Å². The Morgan fingerprint density at radius 1 is 1.26 bits per heavy atom. The highest BCUT2D eigenvalue weighted by molar-refractivity contribution is 7.13. The smallest absolute Gasteiger partial charge is 0.132 e. The molecule has 0 aliphatic heterocycles. The standard InChI is InChI=1S/C17H24N2O3S/c1-17(2,20)11-19(3)9-12-10-23-16(18-12)14-7-6-13(21-4)8-15(14)22-5/h6-8,10,20H,9,11H2,1-5H3. The summed E-state index contributed by atoms with van der Waals surface area (Å²) >= 11 is 1.58. The van der Waals surface area contributed by atoms with Gasteiger partial charge in [0.2, 0.25) is 0 Å². The number of thiazole rings is 1. The van der Waals surface area contributed by atoms with Gasteiger partial charge in [0.05, 0.1) is 31.1 Å². The van der Waals surface area contributed by atoms with Gasteiger partial charge in [0, 0.05) is 24.5 Å². The highest BCUT2D eigenvalue weighted by Crippen LogP contribution is 2.35. The number of methoxy groups -OCH3 is 2. The molecular formula is C17H24N2O3S. The highest BCUT2D eigenvalue weighted by Gasteiger charge is 2.17. The molecule has 2 aromatic rings. The molecule has 1 aromatic heterocycles. The Labute approximate surface area is 141 Å². The number of aromatic nitrogens is 1. The van der Waals surface area contributed by atoms with Crippen LogP contribution < -0.4 is 9.47 Å². The number of rotatable bonds is 7. The lowest BCUT2D eigenvalue weighted by molar-refractivity contribution is 0.0422. The van der Waals surface area contributed by atoms with Gasteiger partial charge in [-0.25, -0.2) is 4.98 Å². The number of hydrogen-bond donors (Lipinski definition) is 1. The predicted octanol–water partition coefficient (Wildman–Crippen LogP) is 3.03. The van der Waals surface area contributed by atoms with Crippen molar-refractivity contribution in [2.45, 2.75) is 26.0 Å². The van der Waals surface area contributed by atoms with Crippen molar-refractivity contribution in [3.63, 3.8) is 0 Å². The van der Waals surface area contributed by atoms with Crippen molar-refractivity contribution >= 4 is 11.3 Å². The van der Waals surface area contributed by atoms with E-state index in [1.165, 1.54) is 0 Å². The van der Waals surface area contributed by atoms with Crippen molar-refractivity contribution in [1.29, 1.82) is 0 Å². The summed E-state index contributed by atoms with van der Waals surface area (Å²) in [6.45, 7) is 4.89. The molecule has 0 aliphatic rings. The molecule has 2 rings (SSSR count). The number of benzene rings is 1. The molecule has 126 valence electrons. The predicted molar refractivity (Wildman–Crippen MR) is 93.3 cm³/mol. The molecule has 5 nitrogen and oxygen atoms in total. The third-order valence-corrected chi connectivity index (χ3v) is 4.20. The molecular weight excluding hydrogens is 312 g/mol. The molecule has 0 unspecified atom stereocenters. The van der Waals surface area contributed by atoms with Gasteiger partial charge in [-0.2, -0.15) is 0 Å². The fraction of sp³-hybridized carbons (Fsp3) is 0.471. The molecule has 0 aliphatic carbocycles. The zero-order chi connectivity index (χ0) is 17.0. The summed E-state index contributed by atoms with van der Waals surface area (Å²) in [7, 11) is 5.25. The molecule has 1 aromatic carbocycles. The van der Waals surface area contributed by atoms with E-state index in [1.807, 2.05) is 30.6 Å². The Morgan fingerprint density at radius 3 is 2.61 bits per heavy atom. The van der Waals surface area contributed by atoms with Crippen LogP contribution >= 0.6 is 11.3 Å². The van der Waals surface area contributed by atoms with Crippen LogP contribution in [-0.4, -0.2) is 48.4 Å². The van der Waals surface area contributed by atoms with E-state index < -0.39 is 5.60 Å². The van der Waals surface area contributed by atoms with Gasteiger partial charge in [0.25, 0.3) is 0 Å². The van der Waals surface area contributed by atoms with E-state index in [1.54, 1.807) is 39.4 Å². The van der Waals surface area contributed by atoms with Crippen molar-refractivity contribution in [2.75, 3.05) is 27.8 Å². The number of aliphatic hydroxyl groups is 1. The normalized spacial score (nSPS) is 11.8.